The maximum atomic E-state index is 6.96. The van der Waals surface area contributed by atoms with Crippen LogP contribution < -0.4 is 8.85 Å². The Bertz CT molecular complexity index is 604. The van der Waals surface area contributed by atoms with Gasteiger partial charge in [0.05, 0.1) is 0 Å². The Morgan fingerprint density at radius 2 is 0.828 bits per heavy atom. The Kier molecular flexibility index (Phi) is 10.0. The summed E-state index contributed by atoms with van der Waals surface area (Å²) < 4.78 is 13.9. The summed E-state index contributed by atoms with van der Waals surface area (Å²) in [6.45, 7) is 9.25. The van der Waals surface area contributed by atoms with E-state index in [1.807, 2.05) is 0 Å². The van der Waals surface area contributed by atoms with Crippen molar-refractivity contribution < 1.29 is 8.85 Å². The van der Waals surface area contributed by atoms with E-state index in [9.17, 15) is 0 Å². The molecule has 160 valence electrons. The van der Waals surface area contributed by atoms with Crippen LogP contribution in [0.1, 0.15) is 53.4 Å². The molecule has 2 nitrogen and oxygen atoms in total. The van der Waals surface area contributed by atoms with Gasteiger partial charge >= 0.3 is 0 Å². The van der Waals surface area contributed by atoms with E-state index in [0.29, 0.717) is 0 Å². The first-order valence-electron chi connectivity index (χ1n) is 11.6. The van der Waals surface area contributed by atoms with Gasteiger partial charge in [0.1, 0.15) is 11.5 Å². The maximum Gasteiger partial charge on any atom is 0.251 e. The third-order valence-corrected chi connectivity index (χ3v) is 17.8. The van der Waals surface area contributed by atoms with Gasteiger partial charge in [0.2, 0.25) is 0 Å². The topological polar surface area (TPSA) is 18.5 Å². The average Bonchev–Trinajstić information content (AvgIpc) is 2.70. The lowest BCUT2D eigenvalue weighted by molar-refractivity contribution is 0.501. The Balaban J connectivity index is 2.40. The number of hydrogen-bond donors (Lipinski definition) is 0. The van der Waals surface area contributed by atoms with Gasteiger partial charge < -0.3 is 8.85 Å². The zero-order chi connectivity index (χ0) is 21.0. The van der Waals surface area contributed by atoms with Crippen LogP contribution in [0.3, 0.4) is 0 Å². The van der Waals surface area contributed by atoms with E-state index >= 15 is 0 Å². The predicted octanol–water partition coefficient (Wildman–Crippen LogP) is 8.21. The summed E-state index contributed by atoms with van der Waals surface area (Å²) in [7, 11) is -3.93. The third-order valence-electron chi connectivity index (χ3n) is 5.62. The average molecular weight is 429 g/mol. The van der Waals surface area contributed by atoms with Gasteiger partial charge in [-0.15, -0.1) is 0 Å². The van der Waals surface area contributed by atoms with E-state index in [1.54, 1.807) is 0 Å². The lowest BCUT2D eigenvalue weighted by Crippen LogP contribution is -2.54. The summed E-state index contributed by atoms with van der Waals surface area (Å²) in [4.78, 5) is 0. The second-order valence-corrected chi connectivity index (χ2v) is 16.9. The van der Waals surface area contributed by atoms with E-state index in [4.69, 9.17) is 8.85 Å². The standard InChI is InChI=1S/C25H40O2Si2/c1-5-19-28(20-6-2,26-24-15-11-9-12-16-24)23-29(21-7-3,22-8-4)27-25-17-13-10-14-18-25/h9-18H,5-8,19-23H2,1-4H3. The summed E-state index contributed by atoms with van der Waals surface area (Å²) >= 11 is 0. The molecule has 0 aliphatic heterocycles. The van der Waals surface area contributed by atoms with Gasteiger partial charge in [-0.2, -0.15) is 0 Å². The minimum Gasteiger partial charge on any atom is -0.544 e. The Labute approximate surface area is 180 Å². The minimum atomic E-state index is -1.96. The minimum absolute atomic E-state index is 1.05. The Hall–Kier alpha value is -1.53. The Morgan fingerprint density at radius 3 is 1.10 bits per heavy atom. The van der Waals surface area contributed by atoms with Gasteiger partial charge in [-0.25, -0.2) is 0 Å². The van der Waals surface area contributed by atoms with Crippen LogP contribution in [-0.2, 0) is 0 Å². The molecule has 0 saturated carbocycles. The molecule has 0 amide bonds. The van der Waals surface area contributed by atoms with Crippen molar-refractivity contribution in [3.63, 3.8) is 0 Å². The molecule has 29 heavy (non-hydrogen) atoms. The summed E-state index contributed by atoms with van der Waals surface area (Å²) in [6.07, 6.45) is 4.75. The number of benzene rings is 2. The lowest BCUT2D eigenvalue weighted by Gasteiger charge is -2.41. The van der Waals surface area contributed by atoms with Gasteiger partial charge in [-0.1, -0.05) is 89.8 Å². The van der Waals surface area contributed by atoms with Crippen LogP contribution in [0.4, 0.5) is 0 Å². The molecule has 2 rings (SSSR count). The highest BCUT2D eigenvalue weighted by molar-refractivity contribution is 6.92. The van der Waals surface area contributed by atoms with Crippen molar-refractivity contribution in [2.75, 3.05) is 0 Å². The van der Waals surface area contributed by atoms with Crippen molar-refractivity contribution >= 4 is 16.6 Å². The summed E-state index contributed by atoms with van der Waals surface area (Å²) in [6, 6.07) is 25.9. The van der Waals surface area contributed by atoms with Crippen molar-refractivity contribution in [2.24, 2.45) is 0 Å². The molecule has 0 spiro atoms. The summed E-state index contributed by atoms with van der Waals surface area (Å²) in [5.41, 5.74) is 1.20. The molecule has 0 atom stereocenters. The molecule has 0 bridgehead atoms. The predicted molar refractivity (Wildman–Crippen MR) is 131 cm³/mol. The van der Waals surface area contributed by atoms with Gasteiger partial charge in [-0.05, 0) is 48.4 Å². The molecule has 2 aromatic rings. The molecule has 2 aromatic carbocycles. The smallest absolute Gasteiger partial charge is 0.251 e. The van der Waals surface area contributed by atoms with E-state index in [-0.39, 0.29) is 0 Å². The highest BCUT2D eigenvalue weighted by Crippen LogP contribution is 2.38. The molecular formula is C25H40O2Si2. The van der Waals surface area contributed by atoms with Gasteiger partial charge in [0.15, 0.2) is 0 Å². The number of hydrogen-bond acceptors (Lipinski definition) is 2. The maximum absolute atomic E-state index is 6.96. The Morgan fingerprint density at radius 1 is 0.517 bits per heavy atom. The molecular weight excluding hydrogens is 388 g/mol. The van der Waals surface area contributed by atoms with Crippen molar-refractivity contribution in [1.82, 2.24) is 0 Å². The van der Waals surface area contributed by atoms with Crippen LogP contribution >= 0.6 is 0 Å². The zero-order valence-electron chi connectivity index (χ0n) is 19.0. The van der Waals surface area contributed by atoms with Crippen LogP contribution in [0.2, 0.25) is 29.8 Å². The molecule has 0 N–H and O–H groups in total. The fourth-order valence-corrected chi connectivity index (χ4v) is 18.7. The van der Waals surface area contributed by atoms with Crippen LogP contribution in [0.25, 0.3) is 0 Å². The van der Waals surface area contributed by atoms with Gasteiger partial charge in [0.25, 0.3) is 16.6 Å². The highest BCUT2D eigenvalue weighted by atomic mass is 28.4. The molecule has 4 heteroatoms. The van der Waals surface area contributed by atoms with Crippen LogP contribution in [0, 0.1) is 0 Å². The molecule has 0 aromatic heterocycles. The van der Waals surface area contributed by atoms with Gasteiger partial charge in [0, 0.05) is 5.67 Å². The van der Waals surface area contributed by atoms with Crippen LogP contribution in [0.15, 0.2) is 60.7 Å². The van der Waals surface area contributed by atoms with Crippen LogP contribution in [0.5, 0.6) is 11.5 Å². The molecule has 0 radical (unpaired) electrons. The molecule has 0 fully saturated rings. The highest BCUT2D eigenvalue weighted by Gasteiger charge is 2.48. The first-order chi connectivity index (χ1) is 14.1. The fraction of sp³-hybridized carbons (Fsp3) is 0.520. The first kappa shape index (κ1) is 23.7. The van der Waals surface area contributed by atoms with E-state index in [2.05, 4.69) is 88.4 Å². The van der Waals surface area contributed by atoms with Crippen molar-refractivity contribution in [1.29, 1.82) is 0 Å². The second kappa shape index (κ2) is 12.2. The van der Waals surface area contributed by atoms with E-state index in [0.717, 1.165) is 11.5 Å². The SMILES string of the molecule is CCC[Si](CCC)(C[Si](CCC)(CCC)Oc1ccccc1)Oc1ccccc1. The summed E-state index contributed by atoms with van der Waals surface area (Å²) in [5.74, 6) is 2.10. The largest absolute Gasteiger partial charge is 0.544 e. The van der Waals surface area contributed by atoms with Crippen molar-refractivity contribution in [3.05, 3.63) is 60.7 Å². The number of para-hydroxylation sites is 2. The molecule has 0 saturated heterocycles. The lowest BCUT2D eigenvalue weighted by atomic mass is 10.3. The van der Waals surface area contributed by atoms with E-state index in [1.165, 1.54) is 55.5 Å². The monoisotopic (exact) mass is 428 g/mol. The molecule has 0 aliphatic carbocycles. The molecule has 0 heterocycles. The third kappa shape index (κ3) is 7.34. The fourth-order valence-electron chi connectivity index (χ4n) is 4.77. The number of rotatable bonds is 14. The second-order valence-electron chi connectivity index (χ2n) is 8.37. The van der Waals surface area contributed by atoms with Gasteiger partial charge in [-0.3, -0.25) is 0 Å². The van der Waals surface area contributed by atoms with Crippen LogP contribution in [-0.4, -0.2) is 16.6 Å². The quantitative estimate of drug-likeness (QED) is 0.282. The molecule has 0 unspecified atom stereocenters. The van der Waals surface area contributed by atoms with Crippen molar-refractivity contribution in [2.45, 2.75) is 83.2 Å². The van der Waals surface area contributed by atoms with E-state index < -0.39 is 16.6 Å². The van der Waals surface area contributed by atoms with Crippen molar-refractivity contribution in [3.8, 4) is 11.5 Å². The first-order valence-corrected chi connectivity index (χ1v) is 16.6. The molecule has 0 aliphatic rings. The summed E-state index contributed by atoms with van der Waals surface area (Å²) in [5, 5.41) is 0. The zero-order valence-corrected chi connectivity index (χ0v) is 21.0. The normalized spacial score (nSPS) is 12.0.